The third kappa shape index (κ3) is 4.64. The molecule has 0 aliphatic heterocycles. The molecular formula is C15H15Br2NO2S. The summed E-state index contributed by atoms with van der Waals surface area (Å²) in [5.41, 5.74) is 2.98. The Kier molecular flexibility index (Phi) is 5.98. The van der Waals surface area contributed by atoms with Gasteiger partial charge in [-0.3, -0.25) is 4.90 Å². The Balaban J connectivity index is 2.03. The van der Waals surface area contributed by atoms with E-state index in [1.165, 1.54) is 12.7 Å². The Hall–Kier alpha value is -0.690. The molecule has 6 heteroatoms. The highest BCUT2D eigenvalue weighted by Crippen LogP contribution is 2.24. The van der Waals surface area contributed by atoms with E-state index in [4.69, 9.17) is 4.74 Å². The van der Waals surface area contributed by atoms with Crippen LogP contribution < -0.4 is 0 Å². The zero-order valence-electron chi connectivity index (χ0n) is 11.7. The minimum atomic E-state index is -0.321. The Morgan fingerprint density at radius 3 is 2.62 bits per heavy atom. The fourth-order valence-electron chi connectivity index (χ4n) is 2.01. The van der Waals surface area contributed by atoms with Gasteiger partial charge in [-0.05, 0) is 57.7 Å². The molecule has 21 heavy (non-hydrogen) atoms. The van der Waals surface area contributed by atoms with Gasteiger partial charge >= 0.3 is 5.97 Å². The fourth-order valence-corrected chi connectivity index (χ4v) is 3.71. The molecule has 3 nitrogen and oxygen atoms in total. The van der Waals surface area contributed by atoms with E-state index in [2.05, 4.69) is 55.3 Å². The maximum absolute atomic E-state index is 11.5. The van der Waals surface area contributed by atoms with Crippen molar-refractivity contribution in [1.29, 1.82) is 0 Å². The third-order valence-electron chi connectivity index (χ3n) is 2.99. The summed E-state index contributed by atoms with van der Waals surface area (Å²) < 4.78 is 6.79. The second-order valence-corrected chi connectivity index (χ2v) is 7.87. The normalized spacial score (nSPS) is 10.9. The zero-order valence-corrected chi connectivity index (χ0v) is 15.7. The molecule has 1 aromatic carbocycles. The summed E-state index contributed by atoms with van der Waals surface area (Å²) in [6, 6.07) is 7.68. The van der Waals surface area contributed by atoms with Gasteiger partial charge in [-0.2, -0.15) is 0 Å². The number of hydrogen-bond donors (Lipinski definition) is 0. The van der Waals surface area contributed by atoms with Gasteiger partial charge in [0.15, 0.2) is 0 Å². The molecule has 0 N–H and O–H groups in total. The minimum Gasteiger partial charge on any atom is -0.465 e. The topological polar surface area (TPSA) is 29.5 Å². The van der Waals surface area contributed by atoms with Crippen molar-refractivity contribution in [3.63, 3.8) is 0 Å². The van der Waals surface area contributed by atoms with Crippen molar-refractivity contribution in [2.24, 2.45) is 0 Å². The van der Waals surface area contributed by atoms with Crippen LogP contribution in [-0.4, -0.2) is 25.0 Å². The average Bonchev–Trinajstić information content (AvgIpc) is 2.85. The quantitative estimate of drug-likeness (QED) is 0.641. The largest absolute Gasteiger partial charge is 0.465 e. The van der Waals surface area contributed by atoms with Gasteiger partial charge in [0.1, 0.15) is 0 Å². The van der Waals surface area contributed by atoms with Crippen LogP contribution in [0.1, 0.15) is 21.5 Å². The van der Waals surface area contributed by atoms with Crippen molar-refractivity contribution < 1.29 is 9.53 Å². The first-order chi connectivity index (χ1) is 9.99. The van der Waals surface area contributed by atoms with Crippen molar-refractivity contribution in [3.8, 4) is 0 Å². The number of carbonyl (C=O) groups is 1. The highest BCUT2D eigenvalue weighted by Gasteiger charge is 2.10. The molecule has 1 heterocycles. The molecule has 0 saturated heterocycles. The summed E-state index contributed by atoms with van der Waals surface area (Å²) in [7, 11) is 3.46. The lowest BCUT2D eigenvalue weighted by Gasteiger charge is -2.17. The number of carbonyl (C=O) groups excluding carboxylic acids is 1. The fraction of sp³-hybridized carbons (Fsp3) is 0.267. The van der Waals surface area contributed by atoms with E-state index in [0.29, 0.717) is 5.56 Å². The first-order valence-electron chi connectivity index (χ1n) is 6.28. The van der Waals surface area contributed by atoms with E-state index >= 15 is 0 Å². The van der Waals surface area contributed by atoms with Crippen LogP contribution in [-0.2, 0) is 17.8 Å². The molecule has 1 aromatic heterocycles. The summed E-state index contributed by atoms with van der Waals surface area (Å²) in [4.78, 5) is 13.7. The molecule has 112 valence electrons. The van der Waals surface area contributed by atoms with Gasteiger partial charge in [0.2, 0.25) is 0 Å². The monoisotopic (exact) mass is 431 g/mol. The number of rotatable bonds is 5. The second kappa shape index (κ2) is 7.54. The zero-order chi connectivity index (χ0) is 15.4. The molecule has 0 aliphatic carbocycles. The molecule has 0 fully saturated rings. The number of halogens is 2. The SMILES string of the molecule is COC(=O)c1ccc(CN(C)Cc2csc(Br)c2)c(Br)c1. The Bertz CT molecular complexity index is 642. The van der Waals surface area contributed by atoms with Crippen LogP contribution in [0.15, 0.2) is 37.9 Å². The van der Waals surface area contributed by atoms with Crippen LogP contribution in [0.2, 0.25) is 0 Å². The van der Waals surface area contributed by atoms with E-state index in [0.717, 1.165) is 26.9 Å². The molecular weight excluding hydrogens is 418 g/mol. The average molecular weight is 433 g/mol. The van der Waals surface area contributed by atoms with Gasteiger partial charge in [-0.25, -0.2) is 4.79 Å². The van der Waals surface area contributed by atoms with Crippen LogP contribution in [0.4, 0.5) is 0 Å². The lowest BCUT2D eigenvalue weighted by atomic mass is 10.1. The van der Waals surface area contributed by atoms with E-state index in [9.17, 15) is 4.79 Å². The van der Waals surface area contributed by atoms with Crippen molar-refractivity contribution in [3.05, 3.63) is 54.6 Å². The first-order valence-corrected chi connectivity index (χ1v) is 8.74. The van der Waals surface area contributed by atoms with Crippen LogP contribution in [0.3, 0.4) is 0 Å². The lowest BCUT2D eigenvalue weighted by molar-refractivity contribution is 0.0600. The predicted molar refractivity (Wildman–Crippen MR) is 92.7 cm³/mol. The van der Waals surface area contributed by atoms with Crippen LogP contribution in [0.5, 0.6) is 0 Å². The predicted octanol–water partition coefficient (Wildman–Crippen LogP) is 4.69. The van der Waals surface area contributed by atoms with Crippen LogP contribution >= 0.6 is 43.2 Å². The van der Waals surface area contributed by atoms with Crippen molar-refractivity contribution >= 4 is 49.2 Å². The van der Waals surface area contributed by atoms with Gasteiger partial charge < -0.3 is 4.74 Å². The van der Waals surface area contributed by atoms with Gasteiger partial charge in [-0.15, -0.1) is 11.3 Å². The van der Waals surface area contributed by atoms with Crippen molar-refractivity contribution in [2.75, 3.05) is 14.2 Å². The molecule has 0 aliphatic rings. The highest BCUT2D eigenvalue weighted by molar-refractivity contribution is 9.11. The van der Waals surface area contributed by atoms with Gasteiger partial charge in [0, 0.05) is 17.6 Å². The van der Waals surface area contributed by atoms with E-state index in [1.54, 1.807) is 23.5 Å². The second-order valence-electron chi connectivity index (χ2n) is 4.73. The van der Waals surface area contributed by atoms with E-state index < -0.39 is 0 Å². The number of hydrogen-bond acceptors (Lipinski definition) is 4. The van der Waals surface area contributed by atoms with Gasteiger partial charge in [0.25, 0.3) is 0 Å². The Labute approximate surface area is 145 Å². The smallest absolute Gasteiger partial charge is 0.337 e. The highest BCUT2D eigenvalue weighted by atomic mass is 79.9. The number of nitrogens with zero attached hydrogens (tertiary/aromatic N) is 1. The molecule has 0 saturated carbocycles. The van der Waals surface area contributed by atoms with Crippen LogP contribution in [0.25, 0.3) is 0 Å². The Morgan fingerprint density at radius 1 is 1.29 bits per heavy atom. The van der Waals surface area contributed by atoms with Crippen molar-refractivity contribution in [1.82, 2.24) is 4.90 Å². The molecule has 2 rings (SSSR count). The maximum Gasteiger partial charge on any atom is 0.337 e. The number of benzene rings is 1. The van der Waals surface area contributed by atoms with Crippen molar-refractivity contribution in [2.45, 2.75) is 13.1 Å². The standard InChI is InChI=1S/C15H15Br2NO2S/c1-18(7-10-5-14(17)21-9-10)8-12-4-3-11(6-13(12)16)15(19)20-2/h3-6,9H,7-8H2,1-2H3. The third-order valence-corrected chi connectivity index (χ3v) is 5.28. The summed E-state index contributed by atoms with van der Waals surface area (Å²) >= 11 is 8.69. The van der Waals surface area contributed by atoms with Crippen LogP contribution in [0, 0.1) is 0 Å². The molecule has 0 atom stereocenters. The van der Waals surface area contributed by atoms with E-state index in [1.807, 2.05) is 6.07 Å². The summed E-state index contributed by atoms with van der Waals surface area (Å²) in [6.07, 6.45) is 0. The maximum atomic E-state index is 11.5. The number of thiophene rings is 1. The number of ether oxygens (including phenoxy) is 1. The number of esters is 1. The minimum absolute atomic E-state index is 0.321. The molecule has 0 bridgehead atoms. The Morgan fingerprint density at radius 2 is 2.05 bits per heavy atom. The van der Waals surface area contributed by atoms with Gasteiger partial charge in [0.05, 0.1) is 16.5 Å². The molecule has 2 aromatic rings. The summed E-state index contributed by atoms with van der Waals surface area (Å²) in [5, 5.41) is 2.15. The van der Waals surface area contributed by atoms with Gasteiger partial charge in [-0.1, -0.05) is 22.0 Å². The summed E-state index contributed by atoms with van der Waals surface area (Å²) in [5.74, 6) is -0.321. The first kappa shape index (κ1) is 16.7. The molecule has 0 unspecified atom stereocenters. The molecule has 0 radical (unpaired) electrons. The number of methoxy groups -OCH3 is 1. The summed E-state index contributed by atoms with van der Waals surface area (Å²) in [6.45, 7) is 1.68. The lowest BCUT2D eigenvalue weighted by Crippen LogP contribution is -2.17. The van der Waals surface area contributed by atoms with E-state index in [-0.39, 0.29) is 5.97 Å². The molecule has 0 amide bonds. The molecule has 0 spiro atoms.